The molecule has 4 heteroatoms. The molecule has 0 saturated heterocycles. The number of amides is 2. The van der Waals surface area contributed by atoms with Crippen molar-refractivity contribution in [3.63, 3.8) is 0 Å². The predicted molar refractivity (Wildman–Crippen MR) is 86.1 cm³/mol. The number of nitrogens with zero attached hydrogens (tertiary/aromatic N) is 1. The third-order valence-corrected chi connectivity index (χ3v) is 3.81. The van der Waals surface area contributed by atoms with Crippen LogP contribution in [0.2, 0.25) is 0 Å². The van der Waals surface area contributed by atoms with E-state index in [2.05, 4.69) is 5.32 Å². The first-order chi connectivity index (χ1) is 10.6. The molecule has 1 N–H and O–H groups in total. The summed E-state index contributed by atoms with van der Waals surface area (Å²) in [6.45, 7) is 2.39. The van der Waals surface area contributed by atoms with E-state index >= 15 is 0 Å². The number of halogens is 1. The fraction of sp³-hybridized carbons (Fsp3) is 0.278. The highest BCUT2D eigenvalue weighted by Gasteiger charge is 2.16. The van der Waals surface area contributed by atoms with Crippen LogP contribution < -0.4 is 5.32 Å². The first kappa shape index (κ1) is 16.0. The van der Waals surface area contributed by atoms with Gasteiger partial charge in [-0.1, -0.05) is 48.5 Å². The van der Waals surface area contributed by atoms with Gasteiger partial charge >= 0.3 is 6.03 Å². The Morgan fingerprint density at radius 2 is 1.77 bits per heavy atom. The lowest BCUT2D eigenvalue weighted by Crippen LogP contribution is -2.39. The molecule has 2 aromatic rings. The molecule has 3 nitrogen and oxygen atoms in total. The van der Waals surface area contributed by atoms with Gasteiger partial charge in [-0.3, -0.25) is 0 Å². The summed E-state index contributed by atoms with van der Waals surface area (Å²) in [5.41, 5.74) is 1.69. The second-order valence-corrected chi connectivity index (χ2v) is 5.27. The topological polar surface area (TPSA) is 32.3 Å². The van der Waals surface area contributed by atoms with Gasteiger partial charge in [0.15, 0.2) is 0 Å². The van der Waals surface area contributed by atoms with Crippen LogP contribution in [0.25, 0.3) is 0 Å². The molecule has 0 aliphatic heterocycles. The summed E-state index contributed by atoms with van der Waals surface area (Å²) in [5.74, 6) is -0.234. The van der Waals surface area contributed by atoms with E-state index in [0.29, 0.717) is 18.5 Å². The summed E-state index contributed by atoms with van der Waals surface area (Å²) in [4.78, 5) is 13.8. The molecule has 0 heterocycles. The largest absolute Gasteiger partial charge is 0.338 e. The zero-order valence-corrected chi connectivity index (χ0v) is 12.9. The quantitative estimate of drug-likeness (QED) is 0.895. The molecule has 2 rings (SSSR count). The summed E-state index contributed by atoms with van der Waals surface area (Å²) in [6.07, 6.45) is 0.478. The number of urea groups is 1. The Bertz CT molecular complexity index is 615. The van der Waals surface area contributed by atoms with Gasteiger partial charge in [0.25, 0.3) is 0 Å². The zero-order valence-electron chi connectivity index (χ0n) is 12.9. The number of rotatable bonds is 5. The summed E-state index contributed by atoms with van der Waals surface area (Å²) in [7, 11) is 1.76. The van der Waals surface area contributed by atoms with E-state index < -0.39 is 0 Å². The molecule has 0 fully saturated rings. The first-order valence-corrected chi connectivity index (χ1v) is 7.38. The summed E-state index contributed by atoms with van der Waals surface area (Å²) >= 11 is 0. The van der Waals surface area contributed by atoms with Crippen LogP contribution in [0, 0.1) is 5.82 Å². The maximum absolute atomic E-state index is 13.5. The van der Waals surface area contributed by atoms with Crippen LogP contribution >= 0.6 is 0 Å². The minimum atomic E-state index is -0.234. The van der Waals surface area contributed by atoms with Crippen LogP contribution in [-0.4, -0.2) is 24.5 Å². The van der Waals surface area contributed by atoms with Crippen LogP contribution in [0.1, 0.15) is 24.1 Å². The van der Waals surface area contributed by atoms with Gasteiger partial charge in [0.2, 0.25) is 0 Å². The molecule has 2 aromatic carbocycles. The van der Waals surface area contributed by atoms with Gasteiger partial charge in [0, 0.05) is 13.6 Å². The number of benzene rings is 2. The Morgan fingerprint density at radius 3 is 2.45 bits per heavy atom. The van der Waals surface area contributed by atoms with Crippen molar-refractivity contribution in [3.8, 4) is 0 Å². The standard InChI is InChI=1S/C18H21FN2O/c1-14(15-8-4-3-5-9-15)21(2)18(22)20-13-12-16-10-6-7-11-17(16)19/h3-11,14H,12-13H2,1-2H3,(H,20,22). The summed E-state index contributed by atoms with van der Waals surface area (Å²) < 4.78 is 13.5. The normalized spacial score (nSPS) is 11.8. The molecule has 22 heavy (non-hydrogen) atoms. The smallest absolute Gasteiger partial charge is 0.317 e. The monoisotopic (exact) mass is 300 g/mol. The zero-order chi connectivity index (χ0) is 15.9. The third kappa shape index (κ3) is 4.07. The Hall–Kier alpha value is -2.36. The molecular formula is C18H21FN2O. The summed E-state index contributed by atoms with van der Waals surface area (Å²) in [6, 6.07) is 16.3. The number of hydrogen-bond acceptors (Lipinski definition) is 1. The molecule has 0 aliphatic carbocycles. The molecule has 0 spiro atoms. The average Bonchev–Trinajstić information content (AvgIpc) is 2.56. The van der Waals surface area contributed by atoms with Crippen molar-refractivity contribution in [2.24, 2.45) is 0 Å². The lowest BCUT2D eigenvalue weighted by Gasteiger charge is -2.25. The van der Waals surface area contributed by atoms with Crippen LogP contribution in [0.5, 0.6) is 0 Å². The number of nitrogens with one attached hydrogen (secondary N) is 1. The molecule has 116 valence electrons. The van der Waals surface area contributed by atoms with Gasteiger partial charge in [-0.2, -0.15) is 0 Å². The van der Waals surface area contributed by atoms with Crippen LogP contribution in [0.15, 0.2) is 54.6 Å². The molecule has 1 unspecified atom stereocenters. The maximum atomic E-state index is 13.5. The maximum Gasteiger partial charge on any atom is 0.317 e. The van der Waals surface area contributed by atoms with E-state index in [9.17, 15) is 9.18 Å². The molecule has 0 radical (unpaired) electrons. The van der Waals surface area contributed by atoms with Crippen molar-refractivity contribution < 1.29 is 9.18 Å². The van der Waals surface area contributed by atoms with E-state index in [-0.39, 0.29) is 17.9 Å². The van der Waals surface area contributed by atoms with Crippen molar-refractivity contribution in [1.82, 2.24) is 10.2 Å². The van der Waals surface area contributed by atoms with Gasteiger partial charge in [0.05, 0.1) is 6.04 Å². The Morgan fingerprint density at radius 1 is 1.14 bits per heavy atom. The SMILES string of the molecule is CC(c1ccccc1)N(C)C(=O)NCCc1ccccc1F. The fourth-order valence-corrected chi connectivity index (χ4v) is 2.26. The fourth-order valence-electron chi connectivity index (χ4n) is 2.26. The molecular weight excluding hydrogens is 279 g/mol. The number of hydrogen-bond donors (Lipinski definition) is 1. The van der Waals surface area contributed by atoms with Crippen molar-refractivity contribution in [2.45, 2.75) is 19.4 Å². The van der Waals surface area contributed by atoms with Crippen LogP contribution in [0.3, 0.4) is 0 Å². The Balaban J connectivity index is 1.85. The highest BCUT2D eigenvalue weighted by atomic mass is 19.1. The van der Waals surface area contributed by atoms with Crippen LogP contribution in [0.4, 0.5) is 9.18 Å². The van der Waals surface area contributed by atoms with E-state index in [1.54, 1.807) is 30.1 Å². The highest BCUT2D eigenvalue weighted by molar-refractivity contribution is 5.74. The van der Waals surface area contributed by atoms with Crippen LogP contribution in [-0.2, 0) is 6.42 Å². The lowest BCUT2D eigenvalue weighted by atomic mass is 10.1. The van der Waals surface area contributed by atoms with E-state index in [0.717, 1.165) is 5.56 Å². The highest BCUT2D eigenvalue weighted by Crippen LogP contribution is 2.17. The molecule has 0 aliphatic rings. The summed E-state index contributed by atoms with van der Waals surface area (Å²) in [5, 5.41) is 2.83. The van der Waals surface area contributed by atoms with Crippen molar-refractivity contribution in [3.05, 3.63) is 71.5 Å². The minimum Gasteiger partial charge on any atom is -0.338 e. The molecule has 0 bridgehead atoms. The molecule has 1 atom stereocenters. The number of carbonyl (C=O) groups excluding carboxylic acids is 1. The molecule has 0 saturated carbocycles. The average molecular weight is 300 g/mol. The van der Waals surface area contributed by atoms with Gasteiger partial charge < -0.3 is 10.2 Å². The van der Waals surface area contributed by atoms with Gasteiger partial charge in [-0.25, -0.2) is 9.18 Å². The minimum absolute atomic E-state index is 0.0188. The van der Waals surface area contributed by atoms with Gasteiger partial charge in [-0.05, 0) is 30.5 Å². The second kappa shape index (κ2) is 7.59. The Labute approximate surface area is 130 Å². The van der Waals surface area contributed by atoms with E-state index in [4.69, 9.17) is 0 Å². The second-order valence-electron chi connectivity index (χ2n) is 5.27. The van der Waals surface area contributed by atoms with Gasteiger partial charge in [-0.15, -0.1) is 0 Å². The van der Waals surface area contributed by atoms with Crippen molar-refractivity contribution in [2.75, 3.05) is 13.6 Å². The molecule has 2 amide bonds. The third-order valence-electron chi connectivity index (χ3n) is 3.81. The van der Waals surface area contributed by atoms with Crippen molar-refractivity contribution in [1.29, 1.82) is 0 Å². The lowest BCUT2D eigenvalue weighted by molar-refractivity contribution is 0.194. The van der Waals surface area contributed by atoms with Gasteiger partial charge in [0.1, 0.15) is 5.82 Å². The Kier molecular flexibility index (Phi) is 5.53. The first-order valence-electron chi connectivity index (χ1n) is 7.38. The number of carbonyl (C=O) groups is 1. The van der Waals surface area contributed by atoms with Crippen molar-refractivity contribution >= 4 is 6.03 Å². The van der Waals surface area contributed by atoms with E-state index in [1.165, 1.54) is 6.07 Å². The molecule has 0 aromatic heterocycles. The predicted octanol–water partition coefficient (Wildman–Crippen LogP) is 3.77. The van der Waals surface area contributed by atoms with E-state index in [1.807, 2.05) is 37.3 Å².